The van der Waals surface area contributed by atoms with Crippen molar-refractivity contribution in [2.75, 3.05) is 18.0 Å². The molecule has 0 bridgehead atoms. The fourth-order valence-corrected chi connectivity index (χ4v) is 2.47. The van der Waals surface area contributed by atoms with Crippen LogP contribution in [-0.2, 0) is 4.79 Å². The Kier molecular flexibility index (Phi) is 4.10. The Morgan fingerprint density at radius 2 is 2.26 bits per heavy atom. The number of anilines is 1. The SMILES string of the molecule is CCNC(=O)c1ccc(C)c(N2CC(Cl)CC2=O)c1. The summed E-state index contributed by atoms with van der Waals surface area (Å²) in [5.74, 6) is -0.117. The number of halogens is 1. The van der Waals surface area contributed by atoms with E-state index in [1.165, 1.54) is 0 Å². The minimum absolute atomic E-state index is 0.0103. The predicted molar refractivity (Wildman–Crippen MR) is 75.8 cm³/mol. The minimum Gasteiger partial charge on any atom is -0.352 e. The molecular weight excluding hydrogens is 264 g/mol. The van der Waals surface area contributed by atoms with Crippen LogP contribution in [0.5, 0.6) is 0 Å². The van der Waals surface area contributed by atoms with Crippen molar-refractivity contribution in [1.29, 1.82) is 0 Å². The number of aryl methyl sites for hydroxylation is 1. The summed E-state index contributed by atoms with van der Waals surface area (Å²) >= 11 is 6.01. The van der Waals surface area contributed by atoms with Crippen LogP contribution in [-0.4, -0.2) is 30.3 Å². The van der Waals surface area contributed by atoms with Gasteiger partial charge in [-0.15, -0.1) is 11.6 Å². The quantitative estimate of drug-likeness (QED) is 0.862. The number of carbonyl (C=O) groups is 2. The first kappa shape index (κ1) is 13.9. The zero-order valence-corrected chi connectivity index (χ0v) is 11.8. The van der Waals surface area contributed by atoms with Crippen LogP contribution in [0.4, 0.5) is 5.69 Å². The molecule has 0 aromatic heterocycles. The third kappa shape index (κ3) is 2.89. The molecule has 1 aliphatic heterocycles. The summed E-state index contributed by atoms with van der Waals surface area (Å²) in [6.45, 7) is 4.87. The highest BCUT2D eigenvalue weighted by Crippen LogP contribution is 2.28. The molecule has 19 heavy (non-hydrogen) atoms. The highest BCUT2D eigenvalue weighted by molar-refractivity contribution is 6.24. The first-order chi connectivity index (χ1) is 9.02. The van der Waals surface area contributed by atoms with Crippen molar-refractivity contribution in [3.05, 3.63) is 29.3 Å². The number of carbonyl (C=O) groups excluding carboxylic acids is 2. The van der Waals surface area contributed by atoms with E-state index in [2.05, 4.69) is 5.32 Å². The summed E-state index contributed by atoms with van der Waals surface area (Å²) in [5.41, 5.74) is 2.30. The molecule has 1 aromatic carbocycles. The largest absolute Gasteiger partial charge is 0.352 e. The topological polar surface area (TPSA) is 49.4 Å². The van der Waals surface area contributed by atoms with Gasteiger partial charge in [0.2, 0.25) is 5.91 Å². The molecule has 2 amide bonds. The molecule has 1 atom stereocenters. The van der Waals surface area contributed by atoms with Gasteiger partial charge >= 0.3 is 0 Å². The number of hydrogen-bond acceptors (Lipinski definition) is 2. The van der Waals surface area contributed by atoms with E-state index in [1.807, 2.05) is 19.9 Å². The lowest BCUT2D eigenvalue weighted by molar-refractivity contribution is -0.117. The molecular formula is C14H17ClN2O2. The smallest absolute Gasteiger partial charge is 0.251 e. The van der Waals surface area contributed by atoms with Crippen molar-refractivity contribution >= 4 is 29.1 Å². The van der Waals surface area contributed by atoms with Gasteiger partial charge in [0, 0.05) is 30.8 Å². The van der Waals surface area contributed by atoms with Gasteiger partial charge in [-0.25, -0.2) is 0 Å². The van der Waals surface area contributed by atoms with Gasteiger partial charge in [0.1, 0.15) is 0 Å². The van der Waals surface area contributed by atoms with Gasteiger partial charge in [-0.2, -0.15) is 0 Å². The summed E-state index contributed by atoms with van der Waals surface area (Å²) in [4.78, 5) is 25.4. The molecule has 1 saturated heterocycles. The van der Waals surface area contributed by atoms with E-state index >= 15 is 0 Å². The average Bonchev–Trinajstić information content (AvgIpc) is 2.69. The second kappa shape index (κ2) is 5.61. The van der Waals surface area contributed by atoms with Crippen LogP contribution in [0.1, 0.15) is 29.3 Å². The summed E-state index contributed by atoms with van der Waals surface area (Å²) in [7, 11) is 0. The van der Waals surface area contributed by atoms with Gasteiger partial charge in [-0.05, 0) is 31.5 Å². The number of amides is 2. The molecule has 1 heterocycles. The molecule has 4 nitrogen and oxygen atoms in total. The fraction of sp³-hybridized carbons (Fsp3) is 0.429. The van der Waals surface area contributed by atoms with Gasteiger partial charge in [-0.1, -0.05) is 6.07 Å². The number of hydrogen-bond donors (Lipinski definition) is 1. The lowest BCUT2D eigenvalue weighted by Gasteiger charge is -2.19. The van der Waals surface area contributed by atoms with E-state index in [0.717, 1.165) is 11.3 Å². The Balaban J connectivity index is 2.32. The predicted octanol–water partition coefficient (Wildman–Crippen LogP) is 2.09. The first-order valence-corrected chi connectivity index (χ1v) is 6.80. The monoisotopic (exact) mass is 280 g/mol. The van der Waals surface area contributed by atoms with Crippen LogP contribution >= 0.6 is 11.6 Å². The van der Waals surface area contributed by atoms with Crippen molar-refractivity contribution < 1.29 is 9.59 Å². The van der Waals surface area contributed by atoms with E-state index in [1.54, 1.807) is 17.0 Å². The first-order valence-electron chi connectivity index (χ1n) is 6.36. The number of rotatable bonds is 3. The molecule has 1 fully saturated rings. The van der Waals surface area contributed by atoms with Crippen molar-refractivity contribution in [1.82, 2.24) is 5.32 Å². The van der Waals surface area contributed by atoms with E-state index in [0.29, 0.717) is 25.1 Å². The Labute approximate surface area is 117 Å². The van der Waals surface area contributed by atoms with Gasteiger partial charge in [0.25, 0.3) is 5.91 Å². The highest BCUT2D eigenvalue weighted by atomic mass is 35.5. The van der Waals surface area contributed by atoms with Crippen LogP contribution in [0.25, 0.3) is 0 Å². The van der Waals surface area contributed by atoms with Crippen molar-refractivity contribution in [2.45, 2.75) is 25.6 Å². The van der Waals surface area contributed by atoms with Crippen molar-refractivity contribution in [3.63, 3.8) is 0 Å². The number of benzene rings is 1. The molecule has 1 unspecified atom stereocenters. The molecule has 0 aliphatic carbocycles. The van der Waals surface area contributed by atoms with Crippen molar-refractivity contribution in [3.8, 4) is 0 Å². The summed E-state index contributed by atoms with van der Waals surface area (Å²) in [6.07, 6.45) is 0.354. The van der Waals surface area contributed by atoms with Crippen LogP contribution in [0.3, 0.4) is 0 Å². The van der Waals surface area contributed by atoms with E-state index in [9.17, 15) is 9.59 Å². The summed E-state index contributed by atoms with van der Waals surface area (Å²) in [5, 5.41) is 2.60. The Morgan fingerprint density at radius 3 is 2.84 bits per heavy atom. The van der Waals surface area contributed by atoms with Crippen LogP contribution < -0.4 is 10.2 Å². The van der Waals surface area contributed by atoms with Gasteiger partial charge < -0.3 is 10.2 Å². The van der Waals surface area contributed by atoms with Crippen LogP contribution in [0, 0.1) is 6.92 Å². The average molecular weight is 281 g/mol. The lowest BCUT2D eigenvalue weighted by atomic mass is 10.1. The van der Waals surface area contributed by atoms with E-state index in [-0.39, 0.29) is 17.2 Å². The Hall–Kier alpha value is -1.55. The molecule has 102 valence electrons. The van der Waals surface area contributed by atoms with Gasteiger partial charge in [0.15, 0.2) is 0 Å². The standard InChI is InChI=1S/C14H17ClN2O2/c1-3-16-14(19)10-5-4-9(2)12(6-10)17-8-11(15)7-13(17)18/h4-6,11H,3,7-8H2,1-2H3,(H,16,19). The van der Waals surface area contributed by atoms with Crippen molar-refractivity contribution in [2.24, 2.45) is 0 Å². The third-order valence-electron chi connectivity index (χ3n) is 3.18. The van der Waals surface area contributed by atoms with E-state index < -0.39 is 0 Å². The molecule has 1 aromatic rings. The molecule has 2 rings (SSSR count). The molecule has 0 spiro atoms. The lowest BCUT2D eigenvalue weighted by Crippen LogP contribution is -2.27. The highest BCUT2D eigenvalue weighted by Gasteiger charge is 2.30. The summed E-state index contributed by atoms with van der Waals surface area (Å²) in [6, 6.07) is 5.38. The second-order valence-electron chi connectivity index (χ2n) is 4.67. The number of alkyl halides is 1. The normalized spacial score (nSPS) is 18.8. The minimum atomic E-state index is -0.153. The number of nitrogens with one attached hydrogen (secondary N) is 1. The number of nitrogens with zero attached hydrogens (tertiary/aromatic N) is 1. The zero-order valence-electron chi connectivity index (χ0n) is 11.1. The zero-order chi connectivity index (χ0) is 14.0. The molecule has 1 aliphatic rings. The maximum Gasteiger partial charge on any atom is 0.251 e. The molecule has 1 N–H and O–H groups in total. The Morgan fingerprint density at radius 1 is 1.53 bits per heavy atom. The fourth-order valence-electron chi connectivity index (χ4n) is 2.20. The maximum atomic E-state index is 11.9. The van der Waals surface area contributed by atoms with Gasteiger partial charge in [0.05, 0.1) is 5.38 Å². The van der Waals surface area contributed by atoms with Crippen LogP contribution in [0.2, 0.25) is 0 Å². The van der Waals surface area contributed by atoms with E-state index in [4.69, 9.17) is 11.6 Å². The Bertz CT molecular complexity index is 516. The summed E-state index contributed by atoms with van der Waals surface area (Å²) < 4.78 is 0. The molecule has 0 saturated carbocycles. The van der Waals surface area contributed by atoms with Gasteiger partial charge in [-0.3, -0.25) is 9.59 Å². The third-order valence-corrected chi connectivity index (χ3v) is 3.47. The maximum absolute atomic E-state index is 11.9. The molecule has 5 heteroatoms. The second-order valence-corrected chi connectivity index (χ2v) is 5.28. The van der Waals surface area contributed by atoms with Crippen LogP contribution in [0.15, 0.2) is 18.2 Å². The molecule has 0 radical (unpaired) electrons.